The maximum Gasteiger partial charge on any atom is 0.416 e. The van der Waals surface area contributed by atoms with Crippen molar-refractivity contribution in [3.8, 4) is 16.9 Å². The number of benzene rings is 3. The molecule has 2 heterocycles. The first-order valence-electron chi connectivity index (χ1n) is 10.1. The van der Waals surface area contributed by atoms with Crippen LogP contribution in [0.4, 0.5) is 18.9 Å². The molecule has 0 fully saturated rings. The predicted molar refractivity (Wildman–Crippen MR) is 121 cm³/mol. The van der Waals surface area contributed by atoms with Gasteiger partial charge in [0.05, 0.1) is 16.3 Å². The second-order valence-electron chi connectivity index (χ2n) is 7.85. The average molecular weight is 472 g/mol. The normalized spacial score (nSPS) is 13.7. The van der Waals surface area contributed by atoms with Crippen LogP contribution in [-0.2, 0) is 12.7 Å². The minimum Gasteiger partial charge on any atom is -0.472 e. The largest absolute Gasteiger partial charge is 0.472 e. The van der Waals surface area contributed by atoms with Gasteiger partial charge in [0, 0.05) is 29.1 Å². The van der Waals surface area contributed by atoms with Crippen molar-refractivity contribution in [2.75, 3.05) is 11.6 Å². The molecule has 168 valence electrons. The molecule has 33 heavy (non-hydrogen) atoms. The van der Waals surface area contributed by atoms with Crippen molar-refractivity contribution in [3.63, 3.8) is 0 Å². The summed E-state index contributed by atoms with van der Waals surface area (Å²) in [6, 6.07) is 16.1. The molecule has 0 bridgehead atoms. The highest BCUT2D eigenvalue weighted by atomic mass is 35.5. The van der Waals surface area contributed by atoms with E-state index in [0.29, 0.717) is 29.1 Å². The Kier molecular flexibility index (Phi) is 5.09. The summed E-state index contributed by atoms with van der Waals surface area (Å²) in [4.78, 5) is 14.0. The van der Waals surface area contributed by atoms with Crippen LogP contribution in [0.25, 0.3) is 22.1 Å². The van der Waals surface area contributed by atoms with Crippen LogP contribution < -0.4 is 15.3 Å². The lowest BCUT2D eigenvalue weighted by molar-refractivity contribution is -0.137. The van der Waals surface area contributed by atoms with Gasteiger partial charge in [-0.25, -0.2) is 4.79 Å². The summed E-state index contributed by atoms with van der Waals surface area (Å²) in [6.07, 6.45) is -4.47. The van der Waals surface area contributed by atoms with Crippen molar-refractivity contribution in [1.29, 1.82) is 0 Å². The van der Waals surface area contributed by atoms with Crippen LogP contribution in [0.15, 0.2) is 69.9 Å². The molecule has 1 aliphatic heterocycles. The van der Waals surface area contributed by atoms with E-state index in [9.17, 15) is 18.0 Å². The number of halogens is 4. The predicted octanol–water partition coefficient (Wildman–Crippen LogP) is 6.80. The van der Waals surface area contributed by atoms with Gasteiger partial charge >= 0.3 is 11.8 Å². The molecule has 0 saturated heterocycles. The molecule has 5 rings (SSSR count). The summed E-state index contributed by atoms with van der Waals surface area (Å²) >= 11 is 6.20. The number of nitrogens with zero attached hydrogens (tertiary/aromatic N) is 1. The minimum atomic E-state index is -4.47. The number of aryl methyl sites for hydroxylation is 1. The third-order valence-corrected chi connectivity index (χ3v) is 6.02. The van der Waals surface area contributed by atoms with Gasteiger partial charge in [0.2, 0.25) is 0 Å². The Morgan fingerprint density at radius 2 is 1.79 bits per heavy atom. The number of anilines is 1. The van der Waals surface area contributed by atoms with E-state index in [4.69, 9.17) is 20.8 Å². The Bertz CT molecular complexity index is 1430. The van der Waals surface area contributed by atoms with Crippen LogP contribution in [0.3, 0.4) is 0 Å². The van der Waals surface area contributed by atoms with E-state index in [-0.39, 0.29) is 11.8 Å². The number of hydrogen-bond acceptors (Lipinski definition) is 4. The zero-order valence-electron chi connectivity index (χ0n) is 17.4. The fourth-order valence-corrected chi connectivity index (χ4v) is 4.47. The van der Waals surface area contributed by atoms with Gasteiger partial charge in [-0.2, -0.15) is 13.2 Å². The quantitative estimate of drug-likeness (QED) is 0.302. The highest BCUT2D eigenvalue weighted by Crippen LogP contribution is 2.41. The van der Waals surface area contributed by atoms with Crippen LogP contribution >= 0.6 is 11.6 Å². The fourth-order valence-electron chi connectivity index (χ4n) is 4.17. The summed E-state index contributed by atoms with van der Waals surface area (Å²) in [5.41, 5.74) is 2.73. The lowest BCUT2D eigenvalue weighted by atomic mass is 9.97. The third-order valence-electron chi connectivity index (χ3n) is 5.72. The van der Waals surface area contributed by atoms with Gasteiger partial charge < -0.3 is 14.1 Å². The standard InChI is InChI=1S/C25H17ClF3NO3/c1-14-23-16(9-19-18(11-22(31)33-24(14)19)15-5-3-2-4-6-15)12-30(13-32-23)21-8-7-17(10-20(21)26)25(27,28)29/h2-11H,12-13H2,1H3. The molecule has 0 spiro atoms. The Morgan fingerprint density at radius 3 is 2.48 bits per heavy atom. The lowest BCUT2D eigenvalue weighted by Crippen LogP contribution is -2.32. The summed E-state index contributed by atoms with van der Waals surface area (Å²) < 4.78 is 50.5. The van der Waals surface area contributed by atoms with E-state index in [1.807, 2.05) is 43.3 Å². The SMILES string of the molecule is Cc1c2c(cc3c(-c4ccccc4)cc(=O)oc13)CN(c1ccc(C(F)(F)F)cc1Cl)CO2. The molecule has 4 nitrogen and oxygen atoms in total. The molecule has 0 unspecified atom stereocenters. The van der Waals surface area contributed by atoms with Gasteiger partial charge in [0.15, 0.2) is 6.73 Å². The van der Waals surface area contributed by atoms with Crippen molar-refractivity contribution >= 4 is 28.3 Å². The Balaban J connectivity index is 1.60. The van der Waals surface area contributed by atoms with E-state index in [1.165, 1.54) is 12.1 Å². The second-order valence-corrected chi connectivity index (χ2v) is 8.25. The zero-order chi connectivity index (χ0) is 23.3. The number of ether oxygens (including phenoxy) is 1. The van der Waals surface area contributed by atoms with Crippen molar-refractivity contribution in [1.82, 2.24) is 0 Å². The number of hydrogen-bond donors (Lipinski definition) is 0. The number of rotatable bonds is 2. The smallest absolute Gasteiger partial charge is 0.416 e. The number of alkyl halides is 3. The minimum absolute atomic E-state index is 0.00893. The van der Waals surface area contributed by atoms with E-state index < -0.39 is 17.4 Å². The molecule has 0 atom stereocenters. The van der Waals surface area contributed by atoms with E-state index in [1.54, 1.807) is 4.90 Å². The molecule has 0 radical (unpaired) electrons. The van der Waals surface area contributed by atoms with Gasteiger partial charge in [-0.05, 0) is 42.3 Å². The first-order valence-corrected chi connectivity index (χ1v) is 10.5. The maximum absolute atomic E-state index is 13.0. The summed E-state index contributed by atoms with van der Waals surface area (Å²) in [5.74, 6) is 0.593. The maximum atomic E-state index is 13.0. The summed E-state index contributed by atoms with van der Waals surface area (Å²) in [5, 5.41) is 0.742. The topological polar surface area (TPSA) is 42.7 Å². The van der Waals surface area contributed by atoms with Crippen molar-refractivity contribution in [2.45, 2.75) is 19.6 Å². The van der Waals surface area contributed by atoms with E-state index >= 15 is 0 Å². The van der Waals surface area contributed by atoms with E-state index in [2.05, 4.69) is 0 Å². The average Bonchev–Trinajstić information content (AvgIpc) is 2.79. The van der Waals surface area contributed by atoms with Gasteiger partial charge in [-0.1, -0.05) is 41.9 Å². The van der Waals surface area contributed by atoms with Gasteiger partial charge in [-0.3, -0.25) is 0 Å². The molecule has 0 saturated carbocycles. The monoisotopic (exact) mass is 471 g/mol. The molecule has 4 aromatic rings. The molecular formula is C25H17ClF3NO3. The van der Waals surface area contributed by atoms with E-state index in [0.717, 1.165) is 34.2 Å². The molecule has 3 aromatic carbocycles. The zero-order valence-corrected chi connectivity index (χ0v) is 18.1. The summed E-state index contributed by atoms with van der Waals surface area (Å²) in [6.45, 7) is 2.28. The van der Waals surface area contributed by atoms with Crippen LogP contribution in [0.5, 0.6) is 5.75 Å². The van der Waals surface area contributed by atoms with Gasteiger partial charge in [-0.15, -0.1) is 0 Å². The Morgan fingerprint density at radius 1 is 1.03 bits per heavy atom. The first kappa shape index (κ1) is 21.4. The van der Waals surface area contributed by atoms with Gasteiger partial charge in [0.1, 0.15) is 11.3 Å². The van der Waals surface area contributed by atoms with Gasteiger partial charge in [0.25, 0.3) is 0 Å². The number of fused-ring (bicyclic) bond motifs is 2. The van der Waals surface area contributed by atoms with Crippen molar-refractivity contribution in [3.05, 3.63) is 92.8 Å². The van der Waals surface area contributed by atoms with Crippen molar-refractivity contribution < 1.29 is 22.3 Å². The molecule has 8 heteroatoms. The summed E-state index contributed by atoms with van der Waals surface area (Å²) in [7, 11) is 0. The highest BCUT2D eigenvalue weighted by Gasteiger charge is 2.32. The molecular weight excluding hydrogens is 455 g/mol. The lowest BCUT2D eigenvalue weighted by Gasteiger charge is -2.32. The molecule has 0 amide bonds. The van der Waals surface area contributed by atoms with Crippen LogP contribution in [-0.4, -0.2) is 6.73 Å². The molecule has 1 aliphatic rings. The second kappa shape index (κ2) is 7.85. The van der Waals surface area contributed by atoms with Crippen LogP contribution in [0.1, 0.15) is 16.7 Å². The third kappa shape index (κ3) is 3.82. The van der Waals surface area contributed by atoms with Crippen LogP contribution in [0.2, 0.25) is 5.02 Å². The van der Waals surface area contributed by atoms with Crippen LogP contribution in [0, 0.1) is 6.92 Å². The molecule has 0 aliphatic carbocycles. The molecule has 0 N–H and O–H groups in total. The Labute approximate surface area is 191 Å². The highest BCUT2D eigenvalue weighted by molar-refractivity contribution is 6.33. The fraction of sp³-hybridized carbons (Fsp3) is 0.160. The first-order chi connectivity index (χ1) is 15.7. The Hall–Kier alpha value is -3.45. The molecule has 1 aromatic heterocycles. The van der Waals surface area contributed by atoms with Crippen molar-refractivity contribution in [2.24, 2.45) is 0 Å².